The van der Waals surface area contributed by atoms with Crippen LogP contribution in [0.3, 0.4) is 0 Å². The van der Waals surface area contributed by atoms with Gasteiger partial charge in [-0.15, -0.1) is 11.3 Å². The predicted octanol–water partition coefficient (Wildman–Crippen LogP) is 2.82. The van der Waals surface area contributed by atoms with E-state index in [0.717, 1.165) is 35.6 Å². The van der Waals surface area contributed by atoms with Crippen LogP contribution in [-0.2, 0) is 0 Å². The minimum atomic E-state index is 0.404. The Kier molecular flexibility index (Phi) is 2.45. The smallest absolute Gasteiger partial charge is 0.223 e. The summed E-state index contributed by atoms with van der Waals surface area (Å²) in [6, 6.07) is 2.20. The predicted molar refractivity (Wildman–Crippen MR) is 79.6 cm³/mol. The summed E-state index contributed by atoms with van der Waals surface area (Å²) in [6.07, 6.45) is 4.17. The van der Waals surface area contributed by atoms with Crippen molar-refractivity contribution >= 4 is 33.3 Å². The average molecular weight is 274 g/mol. The van der Waals surface area contributed by atoms with Gasteiger partial charge in [-0.05, 0) is 37.7 Å². The van der Waals surface area contributed by atoms with Gasteiger partial charge in [-0.3, -0.25) is 0 Å². The summed E-state index contributed by atoms with van der Waals surface area (Å²) in [6.45, 7) is 4.40. The summed E-state index contributed by atoms with van der Waals surface area (Å²) in [7, 11) is 0. The average Bonchev–Trinajstić information content (AvgIpc) is 2.99. The van der Waals surface area contributed by atoms with Crippen LogP contribution >= 0.6 is 11.3 Å². The van der Waals surface area contributed by atoms with E-state index in [4.69, 9.17) is 5.73 Å². The van der Waals surface area contributed by atoms with Crippen LogP contribution in [0.2, 0.25) is 0 Å². The first kappa shape index (κ1) is 11.5. The molecule has 2 unspecified atom stereocenters. The largest absolute Gasteiger partial charge is 0.368 e. The maximum Gasteiger partial charge on any atom is 0.223 e. The highest BCUT2D eigenvalue weighted by Crippen LogP contribution is 2.41. The van der Waals surface area contributed by atoms with E-state index in [2.05, 4.69) is 27.9 Å². The number of fused-ring (bicyclic) bond motifs is 2. The first-order valence-corrected chi connectivity index (χ1v) is 7.81. The number of aromatic nitrogens is 2. The van der Waals surface area contributed by atoms with Gasteiger partial charge in [0.15, 0.2) is 0 Å². The first-order valence-electron chi connectivity index (χ1n) is 6.99. The van der Waals surface area contributed by atoms with E-state index in [0.29, 0.717) is 5.95 Å². The summed E-state index contributed by atoms with van der Waals surface area (Å²) >= 11 is 1.70. The third-order valence-electron chi connectivity index (χ3n) is 4.54. The SMILES string of the molecule is Cc1cc2c(N3CC4CCCC4C3)nc(N)nc2s1. The van der Waals surface area contributed by atoms with E-state index >= 15 is 0 Å². The Morgan fingerprint density at radius 1 is 1.26 bits per heavy atom. The molecule has 0 spiro atoms. The van der Waals surface area contributed by atoms with Crippen molar-refractivity contribution in [2.75, 3.05) is 23.7 Å². The number of rotatable bonds is 1. The maximum atomic E-state index is 5.88. The molecule has 4 rings (SSSR count). The molecule has 19 heavy (non-hydrogen) atoms. The number of anilines is 2. The molecule has 0 radical (unpaired) electrons. The number of hydrogen-bond donors (Lipinski definition) is 1. The molecule has 3 heterocycles. The van der Waals surface area contributed by atoms with Crippen molar-refractivity contribution in [1.29, 1.82) is 0 Å². The van der Waals surface area contributed by atoms with Crippen LogP contribution in [0.15, 0.2) is 6.07 Å². The zero-order valence-corrected chi connectivity index (χ0v) is 11.9. The molecule has 0 bridgehead atoms. The van der Waals surface area contributed by atoms with E-state index in [9.17, 15) is 0 Å². The Labute approximate surface area is 116 Å². The van der Waals surface area contributed by atoms with E-state index in [1.165, 1.54) is 29.5 Å². The van der Waals surface area contributed by atoms with Crippen LogP contribution in [0.1, 0.15) is 24.1 Å². The Hall–Kier alpha value is -1.36. The molecule has 2 atom stereocenters. The number of hydrogen-bond acceptors (Lipinski definition) is 5. The minimum Gasteiger partial charge on any atom is -0.368 e. The molecule has 0 amide bonds. The van der Waals surface area contributed by atoms with Crippen LogP contribution in [0.4, 0.5) is 11.8 Å². The van der Waals surface area contributed by atoms with Crippen molar-refractivity contribution in [3.8, 4) is 0 Å². The standard InChI is InChI=1S/C14H18N4S/c1-8-5-11-12(16-14(15)17-13(11)19-8)18-6-9-3-2-4-10(9)7-18/h5,9-10H,2-4,6-7H2,1H3,(H2,15,16,17). The molecule has 2 N–H and O–H groups in total. The second-order valence-electron chi connectivity index (χ2n) is 5.84. The fraction of sp³-hybridized carbons (Fsp3) is 0.571. The van der Waals surface area contributed by atoms with Crippen LogP contribution in [0.25, 0.3) is 10.2 Å². The van der Waals surface area contributed by atoms with Gasteiger partial charge in [0.1, 0.15) is 10.6 Å². The molecule has 2 fully saturated rings. The van der Waals surface area contributed by atoms with Gasteiger partial charge in [0.05, 0.1) is 5.39 Å². The highest BCUT2D eigenvalue weighted by atomic mass is 32.1. The van der Waals surface area contributed by atoms with E-state index < -0.39 is 0 Å². The van der Waals surface area contributed by atoms with Gasteiger partial charge >= 0.3 is 0 Å². The molecule has 1 aliphatic heterocycles. The van der Waals surface area contributed by atoms with Crippen molar-refractivity contribution in [2.45, 2.75) is 26.2 Å². The Morgan fingerprint density at radius 2 is 2.00 bits per heavy atom. The van der Waals surface area contributed by atoms with Gasteiger partial charge in [0.25, 0.3) is 0 Å². The van der Waals surface area contributed by atoms with E-state index in [-0.39, 0.29) is 0 Å². The van der Waals surface area contributed by atoms with Crippen molar-refractivity contribution < 1.29 is 0 Å². The molecule has 0 aromatic carbocycles. The Balaban J connectivity index is 1.78. The van der Waals surface area contributed by atoms with Crippen molar-refractivity contribution in [3.05, 3.63) is 10.9 Å². The topological polar surface area (TPSA) is 55.0 Å². The van der Waals surface area contributed by atoms with Crippen LogP contribution in [0.5, 0.6) is 0 Å². The highest BCUT2D eigenvalue weighted by molar-refractivity contribution is 7.18. The third-order valence-corrected chi connectivity index (χ3v) is 5.48. The second kappa shape index (κ2) is 4.07. The van der Waals surface area contributed by atoms with Gasteiger partial charge in [0, 0.05) is 18.0 Å². The lowest BCUT2D eigenvalue weighted by atomic mass is 10.0. The lowest BCUT2D eigenvalue weighted by molar-refractivity contribution is 0.494. The first-order chi connectivity index (χ1) is 9.20. The molecule has 2 aliphatic rings. The second-order valence-corrected chi connectivity index (χ2v) is 7.07. The summed E-state index contributed by atoms with van der Waals surface area (Å²) in [5, 5.41) is 1.18. The quantitative estimate of drug-likeness (QED) is 0.869. The molecule has 100 valence electrons. The Morgan fingerprint density at radius 3 is 2.74 bits per heavy atom. The van der Waals surface area contributed by atoms with Crippen molar-refractivity contribution in [3.63, 3.8) is 0 Å². The molecular weight excluding hydrogens is 256 g/mol. The Bertz CT molecular complexity index is 624. The maximum absolute atomic E-state index is 5.88. The summed E-state index contributed by atoms with van der Waals surface area (Å²) in [5.41, 5.74) is 5.88. The number of thiophene rings is 1. The molecule has 2 aromatic rings. The minimum absolute atomic E-state index is 0.404. The summed E-state index contributed by atoms with van der Waals surface area (Å²) in [4.78, 5) is 13.6. The molecular formula is C14H18N4S. The van der Waals surface area contributed by atoms with E-state index in [1.54, 1.807) is 11.3 Å². The van der Waals surface area contributed by atoms with Gasteiger partial charge in [-0.1, -0.05) is 6.42 Å². The van der Waals surface area contributed by atoms with Crippen molar-refractivity contribution in [2.24, 2.45) is 11.8 Å². The lowest BCUT2D eigenvalue weighted by Gasteiger charge is -2.19. The van der Waals surface area contributed by atoms with Gasteiger partial charge in [0.2, 0.25) is 5.95 Å². The van der Waals surface area contributed by atoms with Crippen LogP contribution in [0, 0.1) is 18.8 Å². The number of aryl methyl sites for hydroxylation is 1. The van der Waals surface area contributed by atoms with Gasteiger partial charge in [-0.25, -0.2) is 4.98 Å². The van der Waals surface area contributed by atoms with Gasteiger partial charge in [-0.2, -0.15) is 4.98 Å². The highest BCUT2D eigenvalue weighted by Gasteiger charge is 2.37. The van der Waals surface area contributed by atoms with Crippen molar-refractivity contribution in [1.82, 2.24) is 9.97 Å². The molecule has 1 saturated heterocycles. The zero-order valence-electron chi connectivity index (χ0n) is 11.1. The van der Waals surface area contributed by atoms with Crippen LogP contribution < -0.4 is 10.6 Å². The molecule has 5 heteroatoms. The molecule has 1 aliphatic carbocycles. The molecule has 2 aromatic heterocycles. The zero-order chi connectivity index (χ0) is 13.0. The molecule has 4 nitrogen and oxygen atoms in total. The fourth-order valence-corrected chi connectivity index (χ4v) is 4.57. The molecule has 1 saturated carbocycles. The monoisotopic (exact) mass is 274 g/mol. The number of nitrogens with zero attached hydrogens (tertiary/aromatic N) is 3. The number of nitrogens with two attached hydrogens (primary N) is 1. The third kappa shape index (κ3) is 1.79. The normalized spacial score (nSPS) is 26.3. The number of nitrogen functional groups attached to an aromatic ring is 1. The van der Waals surface area contributed by atoms with E-state index in [1.807, 2.05) is 0 Å². The fourth-order valence-electron chi connectivity index (χ4n) is 3.69. The van der Waals surface area contributed by atoms with Crippen LogP contribution in [-0.4, -0.2) is 23.1 Å². The summed E-state index contributed by atoms with van der Waals surface area (Å²) < 4.78 is 0. The van der Waals surface area contributed by atoms with Gasteiger partial charge < -0.3 is 10.6 Å². The lowest BCUT2D eigenvalue weighted by Crippen LogP contribution is -2.22. The summed E-state index contributed by atoms with van der Waals surface area (Å²) in [5.74, 6) is 3.19.